The highest BCUT2D eigenvalue weighted by Gasteiger charge is 2.50. The molecule has 2 aliphatic heterocycles. The van der Waals surface area contributed by atoms with Gasteiger partial charge >= 0.3 is 11.9 Å². The maximum Gasteiger partial charge on any atom is 0.338 e. The summed E-state index contributed by atoms with van der Waals surface area (Å²) >= 11 is 1.56. The number of thioether (sulfide) groups is 1. The van der Waals surface area contributed by atoms with Crippen molar-refractivity contribution in [3.05, 3.63) is 71.8 Å². The number of esters is 2. The van der Waals surface area contributed by atoms with E-state index in [1.54, 1.807) is 48.2 Å². The lowest BCUT2D eigenvalue weighted by Gasteiger charge is -2.49. The molecule has 2 aromatic carbocycles. The summed E-state index contributed by atoms with van der Waals surface area (Å²) in [5.74, 6) is 0.608. The van der Waals surface area contributed by atoms with Crippen molar-refractivity contribution in [2.24, 2.45) is 23.7 Å². The highest BCUT2D eigenvalue weighted by atomic mass is 32.2. The van der Waals surface area contributed by atoms with Gasteiger partial charge in [0.1, 0.15) is 24.3 Å². The molecule has 2 saturated heterocycles. The quantitative estimate of drug-likeness (QED) is 0.289. The van der Waals surface area contributed by atoms with Crippen LogP contribution in [0.3, 0.4) is 0 Å². The van der Waals surface area contributed by atoms with Gasteiger partial charge in [-0.25, -0.2) is 9.59 Å². The van der Waals surface area contributed by atoms with E-state index in [0.29, 0.717) is 23.0 Å². The van der Waals surface area contributed by atoms with E-state index >= 15 is 0 Å². The van der Waals surface area contributed by atoms with Gasteiger partial charge in [-0.1, -0.05) is 77.9 Å². The van der Waals surface area contributed by atoms with Crippen LogP contribution in [0.25, 0.3) is 0 Å². The fraction of sp³-hybridized carbons (Fsp3) is 0.576. The maximum absolute atomic E-state index is 13.1. The van der Waals surface area contributed by atoms with Crippen molar-refractivity contribution in [1.29, 1.82) is 0 Å². The van der Waals surface area contributed by atoms with E-state index in [9.17, 15) is 9.59 Å². The zero-order valence-corrected chi connectivity index (χ0v) is 25.8. The molecule has 0 spiro atoms. The number of benzene rings is 2. The van der Waals surface area contributed by atoms with E-state index < -0.39 is 42.0 Å². The molecule has 2 fully saturated rings. The zero-order valence-electron chi connectivity index (χ0n) is 24.9. The first-order valence-electron chi connectivity index (χ1n) is 14.8. The predicted molar refractivity (Wildman–Crippen MR) is 160 cm³/mol. The number of hydrogen-bond donors (Lipinski definition) is 0. The van der Waals surface area contributed by atoms with Crippen LogP contribution in [0.4, 0.5) is 0 Å². The molecule has 0 saturated carbocycles. The summed E-state index contributed by atoms with van der Waals surface area (Å²) in [6.07, 6.45) is -1.17. The molecule has 41 heavy (non-hydrogen) atoms. The molecule has 7 nitrogen and oxygen atoms in total. The highest BCUT2D eigenvalue weighted by Crippen LogP contribution is 2.41. The second-order valence-corrected chi connectivity index (χ2v) is 12.6. The van der Waals surface area contributed by atoms with E-state index in [1.165, 1.54) is 0 Å². The summed E-state index contributed by atoms with van der Waals surface area (Å²) in [4.78, 5) is 26.0. The van der Waals surface area contributed by atoms with Gasteiger partial charge in [-0.15, -0.1) is 11.8 Å². The molecule has 0 radical (unpaired) electrons. The Balaban J connectivity index is 1.59. The summed E-state index contributed by atoms with van der Waals surface area (Å²) in [6.45, 7) is 12.8. The average Bonchev–Trinajstić information content (AvgIpc) is 3.00. The molecular weight excluding hydrogens is 540 g/mol. The molecule has 0 aromatic heterocycles. The number of carbonyl (C=O) groups excluding carboxylic acids is 2. The van der Waals surface area contributed by atoms with E-state index in [4.69, 9.17) is 23.7 Å². The molecule has 8 heteroatoms. The molecule has 10 atom stereocenters. The lowest BCUT2D eigenvalue weighted by atomic mass is 9.78. The predicted octanol–water partition coefficient (Wildman–Crippen LogP) is 6.61. The van der Waals surface area contributed by atoms with Crippen molar-refractivity contribution in [1.82, 2.24) is 0 Å². The molecule has 0 amide bonds. The monoisotopic (exact) mass is 584 g/mol. The van der Waals surface area contributed by atoms with Crippen molar-refractivity contribution >= 4 is 23.7 Å². The SMILES string of the molecule is CCS[C@@H]1OC(COC(=O)c2ccccc2)[C@H](O[C@@H]2OC(CC)[C@H](C)[C@H](C)C2C)[C@H](C)C1OC(=O)c1ccccc1. The van der Waals surface area contributed by atoms with Gasteiger partial charge in [0.2, 0.25) is 0 Å². The van der Waals surface area contributed by atoms with Gasteiger partial charge in [-0.2, -0.15) is 0 Å². The first-order chi connectivity index (χ1) is 19.7. The van der Waals surface area contributed by atoms with E-state index in [1.807, 2.05) is 38.1 Å². The normalized spacial score (nSPS) is 33.6. The second-order valence-electron chi connectivity index (χ2n) is 11.2. The Bertz CT molecular complexity index is 1110. The summed E-state index contributed by atoms with van der Waals surface area (Å²) in [5, 5.41) is 0. The van der Waals surface area contributed by atoms with Crippen LogP contribution in [0.15, 0.2) is 60.7 Å². The third-order valence-corrected chi connectivity index (χ3v) is 9.67. The average molecular weight is 585 g/mol. The topological polar surface area (TPSA) is 80.3 Å². The number of carbonyl (C=O) groups is 2. The van der Waals surface area contributed by atoms with Crippen LogP contribution < -0.4 is 0 Å². The molecule has 4 unspecified atom stereocenters. The van der Waals surface area contributed by atoms with Gasteiger partial charge in [0.05, 0.1) is 23.3 Å². The molecule has 2 aromatic rings. The van der Waals surface area contributed by atoms with E-state index in [2.05, 4.69) is 27.7 Å². The summed E-state index contributed by atoms with van der Waals surface area (Å²) in [5.41, 5.74) is 0.505. The Labute approximate surface area is 248 Å². The molecule has 224 valence electrons. The van der Waals surface area contributed by atoms with Crippen LogP contribution in [0.5, 0.6) is 0 Å². The fourth-order valence-corrected chi connectivity index (χ4v) is 6.80. The van der Waals surface area contributed by atoms with Gasteiger partial charge in [0.15, 0.2) is 6.29 Å². The standard InChI is InChI=1S/C33H44O7S/c1-7-26-21(4)20(3)22(5)32(37-26)40-28-23(6)29(39-31(35)25-17-13-10-14-18-25)33(41-8-2)38-27(28)19-36-30(34)24-15-11-9-12-16-24/h9-18,20-23,26-29,32-33H,7-8,19H2,1-6H3/t20-,21+,22?,23-,26?,27?,28+,29?,32-,33-/m0/s1. The van der Waals surface area contributed by atoms with Crippen molar-refractivity contribution in [2.45, 2.75) is 84.1 Å². The van der Waals surface area contributed by atoms with E-state index in [-0.39, 0.29) is 24.5 Å². The Morgan fingerprint density at radius 2 is 1.34 bits per heavy atom. The molecule has 4 rings (SSSR count). The zero-order chi connectivity index (χ0) is 29.5. The van der Waals surface area contributed by atoms with Crippen LogP contribution in [-0.4, -0.2) is 60.4 Å². The van der Waals surface area contributed by atoms with Crippen molar-refractivity contribution in [3.63, 3.8) is 0 Å². The Morgan fingerprint density at radius 3 is 1.93 bits per heavy atom. The van der Waals surface area contributed by atoms with Crippen molar-refractivity contribution in [3.8, 4) is 0 Å². The minimum absolute atomic E-state index is 0.00707. The Hall–Kier alpha value is -2.39. The first kappa shape index (κ1) is 31.5. The minimum Gasteiger partial charge on any atom is -0.459 e. The van der Waals surface area contributed by atoms with Gasteiger partial charge in [0.25, 0.3) is 0 Å². The first-order valence-corrected chi connectivity index (χ1v) is 15.9. The number of hydrogen-bond acceptors (Lipinski definition) is 8. The smallest absolute Gasteiger partial charge is 0.338 e. The van der Waals surface area contributed by atoms with E-state index in [0.717, 1.165) is 12.2 Å². The van der Waals surface area contributed by atoms with Crippen molar-refractivity contribution < 1.29 is 33.3 Å². The molecule has 2 heterocycles. The third-order valence-electron chi connectivity index (χ3n) is 8.63. The summed E-state index contributed by atoms with van der Waals surface area (Å²) in [7, 11) is 0. The minimum atomic E-state index is -0.573. The van der Waals surface area contributed by atoms with Crippen LogP contribution in [0.1, 0.15) is 68.7 Å². The third kappa shape index (κ3) is 7.53. The molecular formula is C33H44O7S. The van der Waals surface area contributed by atoms with Crippen LogP contribution in [-0.2, 0) is 23.7 Å². The Morgan fingerprint density at radius 1 is 0.732 bits per heavy atom. The van der Waals surface area contributed by atoms with Gasteiger partial charge < -0.3 is 23.7 Å². The van der Waals surface area contributed by atoms with Crippen LogP contribution in [0.2, 0.25) is 0 Å². The molecule has 2 aliphatic rings. The van der Waals surface area contributed by atoms with Crippen molar-refractivity contribution in [2.75, 3.05) is 12.4 Å². The molecule has 0 N–H and O–H groups in total. The summed E-state index contributed by atoms with van der Waals surface area (Å²) < 4.78 is 31.7. The molecule has 0 aliphatic carbocycles. The van der Waals surface area contributed by atoms with Gasteiger partial charge in [-0.05, 0) is 48.3 Å². The Kier molecular flexibility index (Phi) is 11.3. The van der Waals surface area contributed by atoms with Crippen LogP contribution in [0, 0.1) is 23.7 Å². The lowest BCUT2D eigenvalue weighted by molar-refractivity contribution is -0.301. The second kappa shape index (κ2) is 14.7. The molecule has 0 bridgehead atoms. The maximum atomic E-state index is 13.1. The fourth-order valence-electron chi connectivity index (χ4n) is 5.75. The summed E-state index contributed by atoms with van der Waals surface area (Å²) in [6, 6.07) is 17.9. The van der Waals surface area contributed by atoms with Gasteiger partial charge in [0, 0.05) is 11.8 Å². The highest BCUT2D eigenvalue weighted by molar-refractivity contribution is 7.99. The van der Waals surface area contributed by atoms with Crippen LogP contribution >= 0.6 is 11.8 Å². The van der Waals surface area contributed by atoms with Gasteiger partial charge in [-0.3, -0.25) is 0 Å². The lowest BCUT2D eigenvalue weighted by Crippen LogP contribution is -2.58. The number of rotatable bonds is 10. The largest absolute Gasteiger partial charge is 0.459 e. The number of ether oxygens (including phenoxy) is 5.